The first-order valence-corrected chi connectivity index (χ1v) is 10.1. The summed E-state index contributed by atoms with van der Waals surface area (Å²) in [4.78, 5) is 1.99. The molecule has 0 N–H and O–H groups in total. The van der Waals surface area contributed by atoms with Crippen LogP contribution in [0.3, 0.4) is 0 Å². The van der Waals surface area contributed by atoms with Crippen LogP contribution in [0.25, 0.3) is 12.2 Å². The second kappa shape index (κ2) is 9.61. The summed E-state index contributed by atoms with van der Waals surface area (Å²) in [6.07, 6.45) is 10.7. The molecule has 29 heavy (non-hydrogen) atoms. The van der Waals surface area contributed by atoms with Crippen LogP contribution in [0.1, 0.15) is 9.75 Å². The average Bonchev–Trinajstić information content (AvgIpc) is 3.41. The van der Waals surface area contributed by atoms with E-state index >= 15 is 0 Å². The lowest BCUT2D eigenvalue weighted by atomic mass is 10.1. The molecule has 0 amide bonds. The Hall–Kier alpha value is -3.52. The highest BCUT2D eigenvalue weighted by molar-refractivity contribution is 7.15. The predicted molar refractivity (Wildman–Crippen MR) is 115 cm³/mol. The molecule has 0 aromatic carbocycles. The number of nitriles is 2. The van der Waals surface area contributed by atoms with E-state index in [9.17, 15) is 10.5 Å². The number of rotatable bonds is 6. The van der Waals surface area contributed by atoms with Gasteiger partial charge in [0, 0.05) is 15.3 Å². The fourth-order valence-corrected chi connectivity index (χ4v) is 3.85. The van der Waals surface area contributed by atoms with E-state index < -0.39 is 0 Å². The maximum Gasteiger partial charge on any atom is 0.173 e. The first-order valence-electron chi connectivity index (χ1n) is 8.44. The van der Waals surface area contributed by atoms with Crippen LogP contribution >= 0.6 is 22.7 Å². The molecule has 1 aliphatic heterocycles. The third-order valence-electron chi connectivity index (χ3n) is 3.77. The number of methoxy groups -OCH3 is 2. The maximum absolute atomic E-state index is 9.24. The summed E-state index contributed by atoms with van der Waals surface area (Å²) in [6, 6.07) is 11.5. The third-order valence-corrected chi connectivity index (χ3v) is 5.80. The van der Waals surface area contributed by atoms with Crippen molar-refractivity contribution in [1.82, 2.24) is 0 Å². The standard InChI is InChI=1S/C22H16N2O3S2/c1-25-21-9-7-19(28-21)5-3-17-11-15(16(13-23)14-24)12-18(27-17)4-6-20-8-10-22(26-2)29-20/h3-12H,1-2H3/b5-3+,6-4+. The van der Waals surface area contributed by atoms with Crippen LogP contribution in [0.15, 0.2) is 71.2 Å². The van der Waals surface area contributed by atoms with Gasteiger partial charge in [0.05, 0.1) is 14.2 Å². The molecule has 7 heteroatoms. The van der Waals surface area contributed by atoms with Crippen molar-refractivity contribution in [1.29, 1.82) is 10.5 Å². The van der Waals surface area contributed by atoms with Gasteiger partial charge < -0.3 is 14.2 Å². The van der Waals surface area contributed by atoms with Crippen molar-refractivity contribution >= 4 is 34.8 Å². The summed E-state index contributed by atoms with van der Waals surface area (Å²) in [5, 5.41) is 20.1. The quantitative estimate of drug-likeness (QED) is 0.561. The van der Waals surface area contributed by atoms with Crippen molar-refractivity contribution in [3.8, 4) is 22.3 Å². The summed E-state index contributed by atoms with van der Waals surface area (Å²) in [5.74, 6) is 1.06. The zero-order chi connectivity index (χ0) is 20.6. The molecule has 0 saturated carbocycles. The molecule has 0 atom stereocenters. The van der Waals surface area contributed by atoms with Gasteiger partial charge in [-0.3, -0.25) is 0 Å². The molecule has 0 unspecified atom stereocenters. The molecule has 0 aliphatic carbocycles. The Bertz CT molecular complexity index is 1050. The molecule has 5 nitrogen and oxygen atoms in total. The summed E-state index contributed by atoms with van der Waals surface area (Å²) in [7, 11) is 3.25. The fraction of sp³-hybridized carbons (Fsp3) is 0.0909. The number of thiophene rings is 2. The topological polar surface area (TPSA) is 75.3 Å². The van der Waals surface area contributed by atoms with Crippen LogP contribution in [0.5, 0.6) is 10.1 Å². The lowest BCUT2D eigenvalue weighted by Crippen LogP contribution is -1.98. The van der Waals surface area contributed by atoms with E-state index in [1.807, 2.05) is 48.6 Å². The number of hydrogen-bond donors (Lipinski definition) is 0. The molecule has 0 fully saturated rings. The summed E-state index contributed by atoms with van der Waals surface area (Å²) in [5.41, 5.74) is 0.536. The van der Waals surface area contributed by atoms with Gasteiger partial charge in [0.1, 0.15) is 29.2 Å². The minimum absolute atomic E-state index is 0.0284. The highest BCUT2D eigenvalue weighted by Crippen LogP contribution is 2.29. The third kappa shape index (κ3) is 5.26. The zero-order valence-corrected chi connectivity index (χ0v) is 17.3. The van der Waals surface area contributed by atoms with Crippen LogP contribution in [-0.4, -0.2) is 14.2 Å². The average molecular weight is 421 g/mol. The molecule has 2 aromatic heterocycles. The Morgan fingerprint density at radius 2 is 1.31 bits per heavy atom. The minimum Gasteiger partial charge on any atom is -0.487 e. The van der Waals surface area contributed by atoms with E-state index in [1.54, 1.807) is 38.5 Å². The van der Waals surface area contributed by atoms with Crippen LogP contribution in [0, 0.1) is 22.7 Å². The summed E-state index contributed by atoms with van der Waals surface area (Å²) >= 11 is 3.01. The zero-order valence-electron chi connectivity index (χ0n) is 15.7. The smallest absolute Gasteiger partial charge is 0.173 e. The van der Waals surface area contributed by atoms with Gasteiger partial charge in [-0.05, 0) is 60.7 Å². The van der Waals surface area contributed by atoms with Gasteiger partial charge in [-0.25, -0.2) is 0 Å². The van der Waals surface area contributed by atoms with Gasteiger partial charge in [0.15, 0.2) is 10.1 Å². The van der Waals surface area contributed by atoms with Crippen molar-refractivity contribution < 1.29 is 14.2 Å². The molecule has 0 radical (unpaired) electrons. The molecular formula is C22H16N2O3S2. The first kappa shape index (κ1) is 20.2. The second-order valence-corrected chi connectivity index (χ2v) is 7.79. The van der Waals surface area contributed by atoms with E-state index in [0.29, 0.717) is 17.1 Å². The van der Waals surface area contributed by atoms with E-state index in [-0.39, 0.29) is 5.57 Å². The Balaban J connectivity index is 1.87. The minimum atomic E-state index is 0.0284. The number of hydrogen-bond acceptors (Lipinski definition) is 7. The lowest BCUT2D eigenvalue weighted by molar-refractivity contribution is 0.332. The molecule has 144 valence electrons. The van der Waals surface area contributed by atoms with Crippen molar-refractivity contribution in [2.45, 2.75) is 0 Å². The molecule has 3 rings (SSSR count). The number of allylic oxidation sites excluding steroid dienone is 6. The number of nitrogens with zero attached hydrogens (tertiary/aromatic N) is 2. The normalized spacial score (nSPS) is 13.4. The van der Waals surface area contributed by atoms with Crippen LogP contribution < -0.4 is 9.47 Å². The fourth-order valence-electron chi connectivity index (χ4n) is 2.40. The van der Waals surface area contributed by atoms with Gasteiger partial charge in [0.2, 0.25) is 0 Å². The molecular weight excluding hydrogens is 404 g/mol. The van der Waals surface area contributed by atoms with Crippen LogP contribution in [0.4, 0.5) is 0 Å². The second-order valence-electron chi connectivity index (χ2n) is 5.64. The first-order chi connectivity index (χ1) is 14.1. The molecule has 0 spiro atoms. The monoisotopic (exact) mass is 420 g/mol. The Kier molecular flexibility index (Phi) is 6.70. The van der Waals surface area contributed by atoms with E-state index in [1.165, 1.54) is 22.7 Å². The van der Waals surface area contributed by atoms with Gasteiger partial charge in [-0.15, -0.1) is 0 Å². The van der Waals surface area contributed by atoms with E-state index in [4.69, 9.17) is 14.2 Å². The van der Waals surface area contributed by atoms with Crippen LogP contribution in [-0.2, 0) is 4.74 Å². The predicted octanol–water partition coefficient (Wildman–Crippen LogP) is 5.70. The lowest BCUT2D eigenvalue weighted by Gasteiger charge is -2.13. The highest BCUT2D eigenvalue weighted by Gasteiger charge is 2.12. The van der Waals surface area contributed by atoms with Crippen LogP contribution in [0.2, 0.25) is 0 Å². The Morgan fingerprint density at radius 1 is 0.828 bits per heavy atom. The van der Waals surface area contributed by atoms with E-state index in [0.717, 1.165) is 19.9 Å². The Labute approximate surface area is 177 Å². The van der Waals surface area contributed by atoms with Crippen molar-refractivity contribution in [3.05, 3.63) is 81.0 Å². The largest absolute Gasteiger partial charge is 0.487 e. The molecule has 0 saturated heterocycles. The van der Waals surface area contributed by atoms with Gasteiger partial charge in [-0.1, -0.05) is 22.7 Å². The Morgan fingerprint density at radius 3 is 1.69 bits per heavy atom. The molecule has 1 aliphatic rings. The van der Waals surface area contributed by atoms with Crippen molar-refractivity contribution in [2.24, 2.45) is 0 Å². The van der Waals surface area contributed by atoms with Gasteiger partial charge in [-0.2, -0.15) is 10.5 Å². The maximum atomic E-state index is 9.24. The van der Waals surface area contributed by atoms with Gasteiger partial charge in [0.25, 0.3) is 0 Å². The molecule has 2 aromatic rings. The van der Waals surface area contributed by atoms with E-state index in [2.05, 4.69) is 0 Å². The number of ether oxygens (including phenoxy) is 3. The van der Waals surface area contributed by atoms with Crippen molar-refractivity contribution in [3.63, 3.8) is 0 Å². The summed E-state index contributed by atoms with van der Waals surface area (Å²) < 4.78 is 16.3. The SMILES string of the molecule is COc1ccc(/C=C/C2=CC(=C(C#N)C#N)C=C(/C=C/c3ccc(OC)s3)O2)s1. The molecule has 3 heterocycles. The molecule has 0 bridgehead atoms. The summed E-state index contributed by atoms with van der Waals surface area (Å²) in [6.45, 7) is 0. The van der Waals surface area contributed by atoms with Crippen molar-refractivity contribution in [2.75, 3.05) is 14.2 Å². The highest BCUT2D eigenvalue weighted by atomic mass is 32.1. The van der Waals surface area contributed by atoms with Gasteiger partial charge >= 0.3 is 0 Å².